The highest BCUT2D eigenvalue weighted by Crippen LogP contribution is 2.40. The number of carbonyl (C=O) groups is 1. The van der Waals surface area contributed by atoms with Gasteiger partial charge in [0.2, 0.25) is 0 Å². The second-order valence-electron chi connectivity index (χ2n) is 6.89. The van der Waals surface area contributed by atoms with Crippen molar-refractivity contribution in [3.05, 3.63) is 53.1 Å². The molecule has 25 heavy (non-hydrogen) atoms. The third-order valence-electron chi connectivity index (χ3n) is 4.98. The summed E-state index contributed by atoms with van der Waals surface area (Å²) in [7, 11) is 0. The zero-order valence-electron chi connectivity index (χ0n) is 14.1. The second-order valence-corrected chi connectivity index (χ2v) is 6.89. The normalized spacial score (nSPS) is 20.7. The van der Waals surface area contributed by atoms with E-state index in [1.807, 2.05) is 4.90 Å². The number of ether oxygens (including phenoxy) is 1. The maximum atomic E-state index is 13.7. The number of halogens is 1. The Kier molecular flexibility index (Phi) is 4.53. The summed E-state index contributed by atoms with van der Waals surface area (Å²) < 4.78 is 19.6. The van der Waals surface area contributed by atoms with Crippen molar-refractivity contribution < 1.29 is 13.9 Å². The van der Waals surface area contributed by atoms with E-state index in [0.717, 1.165) is 37.9 Å². The standard InChI is InChI=1S/C19H22FN3O2/c20-17-6-2-1-4-14(17)12-25-15-5-3-9-23(11-15)19(24)16-10-21-22-18(16)13-7-8-13/h1-2,4,6,10,13,15H,3,5,7-9,11-12H2,(H,21,22)/t15-/m0/s1. The Hall–Kier alpha value is -2.21. The van der Waals surface area contributed by atoms with Gasteiger partial charge in [0, 0.05) is 24.6 Å². The molecule has 0 radical (unpaired) electrons. The number of aromatic nitrogens is 2. The molecule has 132 valence electrons. The van der Waals surface area contributed by atoms with E-state index < -0.39 is 0 Å². The molecule has 1 aliphatic heterocycles. The van der Waals surface area contributed by atoms with Crippen LogP contribution in [0.15, 0.2) is 30.5 Å². The van der Waals surface area contributed by atoms with Crippen LogP contribution in [0, 0.1) is 5.82 Å². The zero-order chi connectivity index (χ0) is 17.2. The Labute approximate surface area is 146 Å². The van der Waals surface area contributed by atoms with Crippen LogP contribution in [-0.4, -0.2) is 40.2 Å². The van der Waals surface area contributed by atoms with Gasteiger partial charge in [0.25, 0.3) is 5.91 Å². The van der Waals surface area contributed by atoms with Gasteiger partial charge in [-0.1, -0.05) is 18.2 Å². The molecule has 0 unspecified atom stereocenters. The molecule has 4 rings (SSSR count). The van der Waals surface area contributed by atoms with E-state index in [4.69, 9.17) is 4.74 Å². The van der Waals surface area contributed by atoms with E-state index in [1.165, 1.54) is 6.07 Å². The van der Waals surface area contributed by atoms with Gasteiger partial charge >= 0.3 is 0 Å². The van der Waals surface area contributed by atoms with Crippen LogP contribution in [0.5, 0.6) is 0 Å². The number of H-pyrrole nitrogens is 1. The van der Waals surface area contributed by atoms with Crippen molar-refractivity contribution in [2.75, 3.05) is 13.1 Å². The number of carbonyl (C=O) groups excluding carboxylic acids is 1. The fourth-order valence-electron chi connectivity index (χ4n) is 3.40. The maximum absolute atomic E-state index is 13.7. The van der Waals surface area contributed by atoms with E-state index in [2.05, 4.69) is 10.2 Å². The Balaban J connectivity index is 1.38. The van der Waals surface area contributed by atoms with Gasteiger partial charge in [-0.3, -0.25) is 9.89 Å². The molecule has 5 nitrogen and oxygen atoms in total. The lowest BCUT2D eigenvalue weighted by atomic mass is 10.1. The van der Waals surface area contributed by atoms with E-state index in [1.54, 1.807) is 24.4 Å². The molecule has 1 aromatic carbocycles. The van der Waals surface area contributed by atoms with Gasteiger partial charge < -0.3 is 9.64 Å². The third-order valence-corrected chi connectivity index (χ3v) is 4.98. The summed E-state index contributed by atoms with van der Waals surface area (Å²) in [4.78, 5) is 14.7. The molecular weight excluding hydrogens is 321 g/mol. The molecule has 1 saturated heterocycles. The van der Waals surface area contributed by atoms with Gasteiger partial charge in [0.1, 0.15) is 5.82 Å². The van der Waals surface area contributed by atoms with Gasteiger partial charge in [-0.2, -0.15) is 5.10 Å². The number of nitrogens with zero attached hydrogens (tertiary/aromatic N) is 2. The number of rotatable bonds is 5. The van der Waals surface area contributed by atoms with Crippen LogP contribution >= 0.6 is 0 Å². The molecule has 1 saturated carbocycles. The fraction of sp³-hybridized carbons (Fsp3) is 0.474. The Morgan fingerprint density at radius 1 is 1.32 bits per heavy atom. The molecule has 2 heterocycles. The minimum absolute atomic E-state index is 0.0230. The van der Waals surface area contributed by atoms with Crippen LogP contribution in [0.1, 0.15) is 53.2 Å². The predicted molar refractivity (Wildman–Crippen MR) is 90.7 cm³/mol. The highest BCUT2D eigenvalue weighted by atomic mass is 19.1. The molecule has 0 bridgehead atoms. The minimum Gasteiger partial charge on any atom is -0.372 e. The van der Waals surface area contributed by atoms with Crippen molar-refractivity contribution in [2.45, 2.75) is 44.3 Å². The average molecular weight is 343 g/mol. The maximum Gasteiger partial charge on any atom is 0.257 e. The summed E-state index contributed by atoms with van der Waals surface area (Å²) >= 11 is 0. The average Bonchev–Trinajstić information content (AvgIpc) is 3.37. The number of likely N-dealkylation sites (tertiary alicyclic amines) is 1. The number of piperidine rings is 1. The first kappa shape index (κ1) is 16.3. The van der Waals surface area contributed by atoms with Gasteiger partial charge in [-0.05, 0) is 31.7 Å². The number of hydrogen-bond acceptors (Lipinski definition) is 3. The lowest BCUT2D eigenvalue weighted by Gasteiger charge is -2.32. The summed E-state index contributed by atoms with van der Waals surface area (Å²) in [5, 5.41) is 7.04. The van der Waals surface area contributed by atoms with Gasteiger partial charge in [-0.25, -0.2) is 4.39 Å². The number of amides is 1. The molecular formula is C19H22FN3O2. The lowest BCUT2D eigenvalue weighted by Crippen LogP contribution is -2.43. The molecule has 2 fully saturated rings. The molecule has 1 aromatic heterocycles. The van der Waals surface area contributed by atoms with Crippen LogP contribution in [-0.2, 0) is 11.3 Å². The number of nitrogens with one attached hydrogen (secondary N) is 1. The first-order valence-corrected chi connectivity index (χ1v) is 8.90. The summed E-state index contributed by atoms with van der Waals surface area (Å²) in [5.74, 6) is 0.230. The second kappa shape index (κ2) is 6.96. The molecule has 2 aromatic rings. The highest BCUT2D eigenvalue weighted by Gasteiger charge is 2.33. The minimum atomic E-state index is -0.251. The first-order chi connectivity index (χ1) is 12.2. The monoisotopic (exact) mass is 343 g/mol. The van der Waals surface area contributed by atoms with Crippen LogP contribution < -0.4 is 0 Å². The van der Waals surface area contributed by atoms with Crippen molar-refractivity contribution in [1.82, 2.24) is 15.1 Å². The quantitative estimate of drug-likeness (QED) is 0.907. The van der Waals surface area contributed by atoms with Crippen molar-refractivity contribution in [1.29, 1.82) is 0 Å². The number of hydrogen-bond donors (Lipinski definition) is 1. The van der Waals surface area contributed by atoms with Crippen LogP contribution in [0.4, 0.5) is 4.39 Å². The number of benzene rings is 1. The van der Waals surface area contributed by atoms with Crippen molar-refractivity contribution in [3.63, 3.8) is 0 Å². The lowest BCUT2D eigenvalue weighted by molar-refractivity contribution is -0.00764. The first-order valence-electron chi connectivity index (χ1n) is 8.90. The van der Waals surface area contributed by atoms with Crippen molar-refractivity contribution in [2.24, 2.45) is 0 Å². The third kappa shape index (κ3) is 3.58. The Morgan fingerprint density at radius 2 is 2.16 bits per heavy atom. The van der Waals surface area contributed by atoms with E-state index in [0.29, 0.717) is 23.6 Å². The van der Waals surface area contributed by atoms with Crippen molar-refractivity contribution >= 4 is 5.91 Å². The fourth-order valence-corrected chi connectivity index (χ4v) is 3.40. The molecule has 2 aliphatic rings. The van der Waals surface area contributed by atoms with Gasteiger partial charge in [0.15, 0.2) is 0 Å². The molecule has 6 heteroatoms. The smallest absolute Gasteiger partial charge is 0.257 e. The van der Waals surface area contributed by atoms with Crippen LogP contribution in [0.3, 0.4) is 0 Å². The Morgan fingerprint density at radius 3 is 2.96 bits per heavy atom. The van der Waals surface area contributed by atoms with Crippen LogP contribution in [0.25, 0.3) is 0 Å². The SMILES string of the molecule is O=C(c1cn[nH]c1C1CC1)N1CCC[C@H](OCc2ccccc2F)C1. The predicted octanol–water partition coefficient (Wildman–Crippen LogP) is 3.25. The summed E-state index contributed by atoms with van der Waals surface area (Å²) in [6.07, 6.45) is 5.60. The van der Waals surface area contributed by atoms with E-state index >= 15 is 0 Å². The molecule has 1 aliphatic carbocycles. The molecule has 0 spiro atoms. The van der Waals surface area contributed by atoms with E-state index in [-0.39, 0.29) is 24.4 Å². The highest BCUT2D eigenvalue weighted by molar-refractivity contribution is 5.95. The summed E-state index contributed by atoms with van der Waals surface area (Å²) in [5.41, 5.74) is 2.22. The Bertz CT molecular complexity index is 757. The van der Waals surface area contributed by atoms with Gasteiger partial charge in [-0.15, -0.1) is 0 Å². The largest absolute Gasteiger partial charge is 0.372 e. The zero-order valence-corrected chi connectivity index (χ0v) is 14.1. The molecule has 1 amide bonds. The molecule has 1 atom stereocenters. The summed E-state index contributed by atoms with van der Waals surface area (Å²) in [6.45, 7) is 1.51. The van der Waals surface area contributed by atoms with Crippen molar-refractivity contribution in [3.8, 4) is 0 Å². The van der Waals surface area contributed by atoms with Gasteiger partial charge in [0.05, 0.1) is 30.2 Å². The summed E-state index contributed by atoms with van der Waals surface area (Å²) in [6, 6.07) is 6.64. The molecule has 1 N–H and O–H groups in total. The number of aromatic amines is 1. The topological polar surface area (TPSA) is 58.2 Å². The van der Waals surface area contributed by atoms with E-state index in [9.17, 15) is 9.18 Å². The van der Waals surface area contributed by atoms with Crippen LogP contribution in [0.2, 0.25) is 0 Å².